The van der Waals surface area contributed by atoms with Gasteiger partial charge in [0.1, 0.15) is 5.82 Å². The molecule has 0 spiro atoms. The molecule has 1 nitrogen and oxygen atoms in total. The fourth-order valence-electron chi connectivity index (χ4n) is 2.15. The van der Waals surface area contributed by atoms with Gasteiger partial charge in [0.05, 0.1) is 5.69 Å². The average Bonchev–Trinajstić information content (AvgIpc) is 2.17. The molecular weight excluding hydrogens is 177 g/mol. The van der Waals surface area contributed by atoms with Crippen LogP contribution in [0.3, 0.4) is 0 Å². The first-order valence-corrected chi connectivity index (χ1v) is 5.24. The van der Waals surface area contributed by atoms with Crippen LogP contribution >= 0.6 is 0 Å². The van der Waals surface area contributed by atoms with Gasteiger partial charge in [0.2, 0.25) is 0 Å². The Labute approximate surface area is 84.5 Å². The van der Waals surface area contributed by atoms with E-state index in [-0.39, 0.29) is 5.82 Å². The summed E-state index contributed by atoms with van der Waals surface area (Å²) in [7, 11) is 0. The first-order valence-electron chi connectivity index (χ1n) is 5.24. The molecule has 0 N–H and O–H groups in total. The van der Waals surface area contributed by atoms with E-state index in [0.717, 1.165) is 30.6 Å². The van der Waals surface area contributed by atoms with Crippen LogP contribution in [0.5, 0.6) is 0 Å². The van der Waals surface area contributed by atoms with Crippen molar-refractivity contribution in [3.05, 3.63) is 29.6 Å². The van der Waals surface area contributed by atoms with Crippen molar-refractivity contribution in [2.24, 2.45) is 0 Å². The van der Waals surface area contributed by atoms with Crippen LogP contribution in [-0.2, 0) is 6.42 Å². The lowest BCUT2D eigenvalue weighted by Crippen LogP contribution is -2.36. The SMILES string of the molecule is CC(C)N1CCCc2cccc(F)c21. The van der Waals surface area contributed by atoms with Crippen molar-refractivity contribution >= 4 is 5.69 Å². The van der Waals surface area contributed by atoms with Crippen LogP contribution in [0, 0.1) is 5.82 Å². The first-order chi connectivity index (χ1) is 6.70. The molecule has 1 heterocycles. The Morgan fingerprint density at radius 2 is 2.14 bits per heavy atom. The summed E-state index contributed by atoms with van der Waals surface area (Å²) in [6, 6.07) is 5.77. The lowest BCUT2D eigenvalue weighted by Gasteiger charge is -2.34. The highest BCUT2D eigenvalue weighted by atomic mass is 19.1. The van der Waals surface area contributed by atoms with Crippen molar-refractivity contribution in [1.29, 1.82) is 0 Å². The molecule has 14 heavy (non-hydrogen) atoms. The number of nitrogens with zero attached hydrogens (tertiary/aromatic N) is 1. The van der Waals surface area contributed by atoms with E-state index >= 15 is 0 Å². The van der Waals surface area contributed by atoms with E-state index in [9.17, 15) is 4.39 Å². The third-order valence-electron chi connectivity index (χ3n) is 2.83. The summed E-state index contributed by atoms with van der Waals surface area (Å²) in [6.07, 6.45) is 2.14. The van der Waals surface area contributed by atoms with E-state index < -0.39 is 0 Å². The number of halogens is 1. The number of rotatable bonds is 1. The van der Waals surface area contributed by atoms with Gasteiger partial charge >= 0.3 is 0 Å². The fraction of sp³-hybridized carbons (Fsp3) is 0.500. The average molecular weight is 193 g/mol. The number of hydrogen-bond acceptors (Lipinski definition) is 1. The quantitative estimate of drug-likeness (QED) is 0.662. The molecule has 2 rings (SSSR count). The van der Waals surface area contributed by atoms with Gasteiger partial charge in [-0.15, -0.1) is 0 Å². The summed E-state index contributed by atoms with van der Waals surface area (Å²) in [5.74, 6) is -0.0732. The predicted octanol–water partition coefficient (Wildman–Crippen LogP) is 2.99. The minimum Gasteiger partial charge on any atom is -0.367 e. The summed E-state index contributed by atoms with van der Waals surface area (Å²) >= 11 is 0. The highest BCUT2D eigenvalue weighted by molar-refractivity contribution is 5.57. The molecule has 1 aromatic rings. The highest BCUT2D eigenvalue weighted by Gasteiger charge is 2.21. The summed E-state index contributed by atoms with van der Waals surface area (Å²) in [5.41, 5.74) is 1.98. The van der Waals surface area contributed by atoms with E-state index in [0.29, 0.717) is 6.04 Å². The largest absolute Gasteiger partial charge is 0.367 e. The molecule has 0 amide bonds. The number of hydrogen-bond donors (Lipinski definition) is 0. The molecule has 0 radical (unpaired) electrons. The highest BCUT2D eigenvalue weighted by Crippen LogP contribution is 2.30. The molecule has 0 unspecified atom stereocenters. The normalized spacial score (nSPS) is 15.9. The second-order valence-corrected chi connectivity index (χ2v) is 4.14. The molecule has 0 atom stereocenters. The Hall–Kier alpha value is -1.05. The monoisotopic (exact) mass is 193 g/mol. The van der Waals surface area contributed by atoms with Gasteiger partial charge in [0.15, 0.2) is 0 Å². The molecule has 1 aliphatic rings. The van der Waals surface area contributed by atoms with Crippen LogP contribution < -0.4 is 4.90 Å². The number of anilines is 1. The summed E-state index contributed by atoms with van der Waals surface area (Å²) in [5, 5.41) is 0. The lowest BCUT2D eigenvalue weighted by atomic mass is 10.0. The molecule has 1 aromatic carbocycles. The summed E-state index contributed by atoms with van der Waals surface area (Å²) < 4.78 is 13.6. The van der Waals surface area contributed by atoms with Crippen LogP contribution in [0.2, 0.25) is 0 Å². The maximum atomic E-state index is 13.6. The molecule has 0 aliphatic carbocycles. The molecule has 76 valence electrons. The Morgan fingerprint density at radius 3 is 2.86 bits per heavy atom. The van der Waals surface area contributed by atoms with Crippen LogP contribution in [-0.4, -0.2) is 12.6 Å². The number of fused-ring (bicyclic) bond motifs is 1. The van der Waals surface area contributed by atoms with Crippen molar-refractivity contribution in [3.8, 4) is 0 Å². The number of para-hydroxylation sites is 1. The van der Waals surface area contributed by atoms with E-state index in [1.54, 1.807) is 12.1 Å². The van der Waals surface area contributed by atoms with Gasteiger partial charge in [-0.1, -0.05) is 12.1 Å². The molecular formula is C12H16FN. The minimum absolute atomic E-state index is 0.0732. The second-order valence-electron chi connectivity index (χ2n) is 4.14. The molecule has 0 saturated heterocycles. The minimum atomic E-state index is -0.0732. The Balaban J connectivity index is 2.47. The second kappa shape index (κ2) is 3.60. The first kappa shape index (κ1) is 9.50. The Bertz CT molecular complexity index is 333. The number of aryl methyl sites for hydroxylation is 1. The van der Waals surface area contributed by atoms with Gasteiger partial charge in [-0.05, 0) is 38.3 Å². The summed E-state index contributed by atoms with van der Waals surface area (Å²) in [4.78, 5) is 2.16. The van der Waals surface area contributed by atoms with Crippen LogP contribution in [0.25, 0.3) is 0 Å². The van der Waals surface area contributed by atoms with Gasteiger partial charge in [-0.2, -0.15) is 0 Å². The van der Waals surface area contributed by atoms with Crippen LogP contribution in [0.15, 0.2) is 18.2 Å². The fourth-order valence-corrected chi connectivity index (χ4v) is 2.15. The zero-order valence-electron chi connectivity index (χ0n) is 8.76. The molecule has 0 saturated carbocycles. The van der Waals surface area contributed by atoms with Gasteiger partial charge in [-0.3, -0.25) is 0 Å². The third-order valence-corrected chi connectivity index (χ3v) is 2.83. The zero-order valence-corrected chi connectivity index (χ0v) is 8.76. The van der Waals surface area contributed by atoms with Crippen molar-refractivity contribution < 1.29 is 4.39 Å². The predicted molar refractivity (Wildman–Crippen MR) is 57.2 cm³/mol. The van der Waals surface area contributed by atoms with Crippen LogP contribution in [0.4, 0.5) is 10.1 Å². The van der Waals surface area contributed by atoms with Gasteiger partial charge in [0, 0.05) is 12.6 Å². The maximum absolute atomic E-state index is 13.6. The van der Waals surface area contributed by atoms with E-state index in [1.165, 1.54) is 0 Å². The van der Waals surface area contributed by atoms with Gasteiger partial charge < -0.3 is 4.90 Å². The lowest BCUT2D eigenvalue weighted by molar-refractivity contribution is 0.571. The Kier molecular flexibility index (Phi) is 2.44. The smallest absolute Gasteiger partial charge is 0.146 e. The molecule has 2 heteroatoms. The van der Waals surface area contributed by atoms with Crippen molar-refractivity contribution in [1.82, 2.24) is 0 Å². The molecule has 1 aliphatic heterocycles. The van der Waals surface area contributed by atoms with E-state index in [1.807, 2.05) is 6.07 Å². The van der Waals surface area contributed by atoms with Crippen molar-refractivity contribution in [3.63, 3.8) is 0 Å². The zero-order chi connectivity index (χ0) is 10.1. The van der Waals surface area contributed by atoms with E-state index in [4.69, 9.17) is 0 Å². The van der Waals surface area contributed by atoms with Gasteiger partial charge in [0.25, 0.3) is 0 Å². The maximum Gasteiger partial charge on any atom is 0.146 e. The topological polar surface area (TPSA) is 3.24 Å². The molecule has 0 aromatic heterocycles. The van der Waals surface area contributed by atoms with E-state index in [2.05, 4.69) is 18.7 Å². The Morgan fingerprint density at radius 1 is 1.36 bits per heavy atom. The van der Waals surface area contributed by atoms with Crippen molar-refractivity contribution in [2.75, 3.05) is 11.4 Å². The number of benzene rings is 1. The van der Waals surface area contributed by atoms with Crippen molar-refractivity contribution in [2.45, 2.75) is 32.7 Å². The van der Waals surface area contributed by atoms with Gasteiger partial charge in [-0.25, -0.2) is 4.39 Å². The van der Waals surface area contributed by atoms with Crippen LogP contribution in [0.1, 0.15) is 25.8 Å². The summed E-state index contributed by atoms with van der Waals surface area (Å²) in [6.45, 7) is 5.20. The standard InChI is InChI=1S/C12H16FN/c1-9(2)14-8-4-6-10-5-3-7-11(13)12(10)14/h3,5,7,9H,4,6,8H2,1-2H3. The molecule has 0 fully saturated rings. The third kappa shape index (κ3) is 1.49. The molecule has 0 bridgehead atoms.